The van der Waals surface area contributed by atoms with Crippen LogP contribution in [0.15, 0.2) is 53.7 Å². The summed E-state index contributed by atoms with van der Waals surface area (Å²) in [6.07, 6.45) is 5.45. The molecule has 3 N–H and O–H groups in total. The van der Waals surface area contributed by atoms with E-state index in [4.69, 9.17) is 5.73 Å². The van der Waals surface area contributed by atoms with E-state index in [1.54, 1.807) is 12.1 Å². The molecule has 0 bridgehead atoms. The molecule has 190 valence electrons. The van der Waals surface area contributed by atoms with Gasteiger partial charge in [0.2, 0.25) is 0 Å². The van der Waals surface area contributed by atoms with Crippen LogP contribution in [0, 0.1) is 29.9 Å². The summed E-state index contributed by atoms with van der Waals surface area (Å²) in [4.78, 5) is 8.35. The number of rotatable bonds is 5. The molecule has 1 saturated carbocycles. The molecule has 37 heavy (non-hydrogen) atoms. The van der Waals surface area contributed by atoms with Crippen molar-refractivity contribution in [1.82, 2.24) is 13.9 Å². The van der Waals surface area contributed by atoms with Crippen molar-refractivity contribution < 1.29 is 17.2 Å². The van der Waals surface area contributed by atoms with Gasteiger partial charge in [0.05, 0.1) is 22.7 Å². The number of anilines is 1. The Balaban J connectivity index is 1.67. The third kappa shape index (κ3) is 4.65. The highest BCUT2D eigenvalue weighted by molar-refractivity contribution is 7.90. The third-order valence-electron chi connectivity index (χ3n) is 6.57. The predicted octanol–water partition coefficient (Wildman–Crippen LogP) is 4.48. The lowest BCUT2D eigenvalue weighted by atomic mass is 9.92. The molecule has 1 aliphatic carbocycles. The fraction of sp³-hybridized carbons (Fsp3) is 0.269. The summed E-state index contributed by atoms with van der Waals surface area (Å²) in [5, 5.41) is 12.6. The van der Waals surface area contributed by atoms with Gasteiger partial charge in [-0.2, -0.15) is 5.26 Å². The van der Waals surface area contributed by atoms with Gasteiger partial charge in [-0.15, -0.1) is 0 Å². The maximum atomic E-state index is 15.3. The summed E-state index contributed by atoms with van der Waals surface area (Å²) in [5.74, 6) is -1.64. The van der Waals surface area contributed by atoms with Crippen molar-refractivity contribution in [1.29, 1.82) is 5.26 Å². The molecule has 11 heteroatoms. The largest absolute Gasteiger partial charge is 0.365 e. The van der Waals surface area contributed by atoms with Gasteiger partial charge in [-0.25, -0.2) is 31.1 Å². The van der Waals surface area contributed by atoms with E-state index >= 15 is 4.39 Å². The van der Waals surface area contributed by atoms with Gasteiger partial charge in [0, 0.05) is 29.2 Å². The first kappa shape index (κ1) is 24.8. The van der Waals surface area contributed by atoms with Crippen LogP contribution in [0.1, 0.15) is 36.8 Å². The highest BCUT2D eigenvalue weighted by Crippen LogP contribution is 2.35. The number of aryl methyl sites for hydroxylation is 1. The van der Waals surface area contributed by atoms with Crippen molar-refractivity contribution in [2.75, 3.05) is 5.32 Å². The summed E-state index contributed by atoms with van der Waals surface area (Å²) >= 11 is 0. The standard InChI is InChI=1S/C26H24F2N6O2S/c1-15-5-7-19(8-6-15)37(35,36)34-14-21(20-9-16(12-29)10-22(27)24(20)34)25-31-13-23(28)26(33-25)32-18-4-2-3-17(30)11-18/h5-10,13-14,17-18H,2-4,11,30H2,1H3,(H,31,32,33)/t17-,18+/m0/s1. The molecule has 0 unspecified atom stereocenters. The van der Waals surface area contributed by atoms with Gasteiger partial charge in [0.25, 0.3) is 10.0 Å². The van der Waals surface area contributed by atoms with Gasteiger partial charge < -0.3 is 11.1 Å². The van der Waals surface area contributed by atoms with Crippen LogP contribution in [0.2, 0.25) is 0 Å². The minimum absolute atomic E-state index is 0.00612. The number of halogens is 2. The molecule has 5 rings (SSSR count). The van der Waals surface area contributed by atoms with Gasteiger partial charge in [-0.1, -0.05) is 17.7 Å². The van der Waals surface area contributed by atoms with Crippen molar-refractivity contribution >= 4 is 26.7 Å². The molecular formula is C26H24F2N6O2S. The lowest BCUT2D eigenvalue weighted by molar-refractivity contribution is 0.407. The molecule has 1 aliphatic rings. The Bertz CT molecular complexity index is 1640. The number of nitrogens with zero attached hydrogens (tertiary/aromatic N) is 4. The Kier molecular flexibility index (Phi) is 6.39. The number of nitrogens with two attached hydrogens (primary N) is 1. The molecule has 0 saturated heterocycles. The minimum Gasteiger partial charge on any atom is -0.365 e. The van der Waals surface area contributed by atoms with E-state index in [0.29, 0.717) is 6.42 Å². The van der Waals surface area contributed by atoms with E-state index in [9.17, 15) is 18.1 Å². The van der Waals surface area contributed by atoms with Crippen molar-refractivity contribution in [2.45, 2.75) is 49.6 Å². The number of fused-ring (bicyclic) bond motifs is 1. The summed E-state index contributed by atoms with van der Waals surface area (Å²) in [6.45, 7) is 1.82. The molecule has 2 aromatic carbocycles. The second-order valence-corrected chi connectivity index (χ2v) is 11.1. The fourth-order valence-electron chi connectivity index (χ4n) is 4.69. The fourth-order valence-corrected chi connectivity index (χ4v) is 6.06. The Morgan fingerprint density at radius 3 is 2.62 bits per heavy atom. The Hall–Kier alpha value is -3.88. The molecule has 0 amide bonds. The van der Waals surface area contributed by atoms with E-state index in [-0.39, 0.29) is 50.7 Å². The molecule has 2 aromatic heterocycles. The Morgan fingerprint density at radius 2 is 1.92 bits per heavy atom. The third-order valence-corrected chi connectivity index (χ3v) is 8.24. The van der Waals surface area contributed by atoms with Crippen molar-refractivity contribution in [3.63, 3.8) is 0 Å². The molecule has 1 fully saturated rings. The van der Waals surface area contributed by atoms with Crippen LogP contribution in [0.25, 0.3) is 22.3 Å². The van der Waals surface area contributed by atoms with Crippen LogP contribution in [0.5, 0.6) is 0 Å². The number of nitriles is 1. The molecule has 2 heterocycles. The lowest BCUT2D eigenvalue weighted by Gasteiger charge is -2.27. The number of benzene rings is 2. The summed E-state index contributed by atoms with van der Waals surface area (Å²) in [5.41, 5.74) is 6.80. The average molecular weight is 523 g/mol. The second kappa shape index (κ2) is 9.53. The van der Waals surface area contributed by atoms with E-state index in [2.05, 4.69) is 15.3 Å². The zero-order chi connectivity index (χ0) is 26.3. The van der Waals surface area contributed by atoms with Crippen LogP contribution < -0.4 is 11.1 Å². The molecule has 4 aromatic rings. The topological polar surface area (TPSA) is 127 Å². The van der Waals surface area contributed by atoms with E-state index in [1.165, 1.54) is 24.4 Å². The highest BCUT2D eigenvalue weighted by Gasteiger charge is 2.27. The van der Waals surface area contributed by atoms with Crippen LogP contribution in [-0.4, -0.2) is 34.4 Å². The number of hydrogen-bond donors (Lipinski definition) is 2. The van der Waals surface area contributed by atoms with Gasteiger partial charge in [-0.3, -0.25) is 0 Å². The SMILES string of the molecule is Cc1ccc(S(=O)(=O)n2cc(-c3ncc(F)c(N[C@@H]4CCC[C@H](N)C4)n3)c3cc(C#N)cc(F)c32)cc1. The molecule has 8 nitrogen and oxygen atoms in total. The first-order valence-corrected chi connectivity index (χ1v) is 13.2. The van der Waals surface area contributed by atoms with E-state index in [1.807, 2.05) is 13.0 Å². The van der Waals surface area contributed by atoms with Crippen LogP contribution in [0.3, 0.4) is 0 Å². The van der Waals surface area contributed by atoms with Crippen molar-refractivity contribution in [2.24, 2.45) is 5.73 Å². The van der Waals surface area contributed by atoms with E-state index < -0.39 is 21.7 Å². The van der Waals surface area contributed by atoms with Crippen molar-refractivity contribution in [3.8, 4) is 17.5 Å². The van der Waals surface area contributed by atoms with Gasteiger partial charge >= 0.3 is 0 Å². The Morgan fingerprint density at radius 1 is 1.16 bits per heavy atom. The smallest absolute Gasteiger partial charge is 0.268 e. The summed E-state index contributed by atoms with van der Waals surface area (Å²) in [7, 11) is -4.22. The molecule has 0 radical (unpaired) electrons. The lowest BCUT2D eigenvalue weighted by Crippen LogP contribution is -2.35. The van der Waals surface area contributed by atoms with Crippen LogP contribution in [-0.2, 0) is 10.0 Å². The summed E-state index contributed by atoms with van der Waals surface area (Å²) < 4.78 is 57.8. The maximum Gasteiger partial charge on any atom is 0.268 e. The first-order valence-electron chi connectivity index (χ1n) is 11.8. The second-order valence-electron chi connectivity index (χ2n) is 9.28. The quantitative estimate of drug-likeness (QED) is 0.396. The normalized spacial score (nSPS) is 18.0. The average Bonchev–Trinajstić information content (AvgIpc) is 3.27. The number of aromatic nitrogens is 3. The van der Waals surface area contributed by atoms with Crippen LogP contribution >= 0.6 is 0 Å². The predicted molar refractivity (Wildman–Crippen MR) is 135 cm³/mol. The highest BCUT2D eigenvalue weighted by atomic mass is 32.2. The van der Waals surface area contributed by atoms with Gasteiger partial charge in [0.1, 0.15) is 11.3 Å². The number of hydrogen-bond acceptors (Lipinski definition) is 7. The summed E-state index contributed by atoms with van der Waals surface area (Å²) in [6, 6.07) is 10.3. The van der Waals surface area contributed by atoms with Gasteiger partial charge in [0.15, 0.2) is 17.5 Å². The molecular weight excluding hydrogens is 498 g/mol. The molecule has 2 atom stereocenters. The minimum atomic E-state index is -4.22. The zero-order valence-electron chi connectivity index (χ0n) is 19.9. The van der Waals surface area contributed by atoms with Gasteiger partial charge in [-0.05, 0) is 56.9 Å². The Labute approximate surface area is 212 Å². The molecule has 0 spiro atoms. The first-order chi connectivity index (χ1) is 17.7. The molecule has 0 aliphatic heterocycles. The zero-order valence-corrected chi connectivity index (χ0v) is 20.8. The van der Waals surface area contributed by atoms with Crippen LogP contribution in [0.4, 0.5) is 14.6 Å². The number of nitrogens with one attached hydrogen (secondary N) is 1. The van der Waals surface area contributed by atoms with E-state index in [0.717, 1.165) is 41.1 Å². The monoisotopic (exact) mass is 522 g/mol. The van der Waals surface area contributed by atoms with Crippen molar-refractivity contribution in [3.05, 3.63) is 71.6 Å². The maximum absolute atomic E-state index is 15.3.